The van der Waals surface area contributed by atoms with E-state index in [0.717, 1.165) is 5.56 Å². The molecule has 1 aromatic carbocycles. The van der Waals surface area contributed by atoms with Crippen LogP contribution in [0.2, 0.25) is 0 Å². The predicted molar refractivity (Wildman–Crippen MR) is 109 cm³/mol. The van der Waals surface area contributed by atoms with Crippen molar-refractivity contribution < 1.29 is 9.59 Å². The van der Waals surface area contributed by atoms with Gasteiger partial charge in [-0.2, -0.15) is 10.1 Å². The van der Waals surface area contributed by atoms with Gasteiger partial charge in [-0.1, -0.05) is 12.1 Å². The molecule has 2 amide bonds. The third-order valence-electron chi connectivity index (χ3n) is 4.06. The maximum absolute atomic E-state index is 12.1. The summed E-state index contributed by atoms with van der Waals surface area (Å²) in [6, 6.07) is 7.22. The molecule has 0 unspecified atom stereocenters. The first-order valence-corrected chi connectivity index (χ1v) is 8.80. The SMILES string of the molecule is CN(C)C(=O)c1cccc(CNc2nc(Nc3cnn(C)c3)ncc2C(N)=O)c1. The summed E-state index contributed by atoms with van der Waals surface area (Å²) in [5.41, 5.74) is 7.75. The lowest BCUT2D eigenvalue weighted by molar-refractivity contribution is 0.0827. The van der Waals surface area contributed by atoms with Crippen molar-refractivity contribution in [1.29, 1.82) is 0 Å². The monoisotopic (exact) mass is 394 g/mol. The summed E-state index contributed by atoms with van der Waals surface area (Å²) < 4.78 is 1.64. The molecular weight excluding hydrogens is 372 g/mol. The summed E-state index contributed by atoms with van der Waals surface area (Å²) in [5.74, 6) is -0.142. The maximum atomic E-state index is 12.1. The van der Waals surface area contributed by atoms with Crippen LogP contribution in [-0.4, -0.2) is 50.6 Å². The minimum atomic E-state index is -0.642. The summed E-state index contributed by atoms with van der Waals surface area (Å²) in [7, 11) is 5.19. The van der Waals surface area contributed by atoms with Gasteiger partial charge in [-0.15, -0.1) is 0 Å². The molecule has 10 heteroatoms. The van der Waals surface area contributed by atoms with Crippen LogP contribution in [0.5, 0.6) is 0 Å². The highest BCUT2D eigenvalue weighted by Gasteiger charge is 2.13. The number of rotatable bonds is 7. The fraction of sp³-hybridized carbons (Fsp3) is 0.211. The zero-order valence-electron chi connectivity index (χ0n) is 16.4. The minimum Gasteiger partial charge on any atom is -0.365 e. The van der Waals surface area contributed by atoms with Crippen molar-refractivity contribution in [2.75, 3.05) is 24.7 Å². The van der Waals surface area contributed by atoms with Crippen LogP contribution in [0.1, 0.15) is 26.3 Å². The second kappa shape index (κ2) is 8.38. The zero-order valence-corrected chi connectivity index (χ0v) is 16.4. The molecule has 0 aliphatic rings. The Hall–Kier alpha value is -3.95. The number of carbonyl (C=O) groups is 2. The molecule has 2 heterocycles. The van der Waals surface area contributed by atoms with E-state index in [9.17, 15) is 9.59 Å². The third kappa shape index (κ3) is 4.86. The molecule has 3 aromatic rings. The number of amides is 2. The van der Waals surface area contributed by atoms with Crippen molar-refractivity contribution in [2.45, 2.75) is 6.54 Å². The number of nitrogens with two attached hydrogens (primary N) is 1. The molecule has 4 N–H and O–H groups in total. The number of aryl methyl sites for hydroxylation is 1. The van der Waals surface area contributed by atoms with Crippen LogP contribution in [0.25, 0.3) is 0 Å². The van der Waals surface area contributed by atoms with E-state index in [2.05, 4.69) is 25.7 Å². The second-order valence-corrected chi connectivity index (χ2v) is 6.60. The number of anilines is 3. The van der Waals surface area contributed by atoms with Crippen LogP contribution in [0.4, 0.5) is 17.5 Å². The maximum Gasteiger partial charge on any atom is 0.254 e. The van der Waals surface area contributed by atoms with E-state index in [1.807, 2.05) is 6.07 Å². The lowest BCUT2D eigenvalue weighted by atomic mass is 10.1. The van der Waals surface area contributed by atoms with Gasteiger partial charge in [0.1, 0.15) is 5.82 Å². The number of nitrogens with one attached hydrogen (secondary N) is 2. The largest absolute Gasteiger partial charge is 0.365 e. The lowest BCUT2D eigenvalue weighted by Crippen LogP contribution is -2.21. The Balaban J connectivity index is 1.80. The molecule has 0 aliphatic heterocycles. The molecule has 0 bridgehead atoms. The van der Waals surface area contributed by atoms with Gasteiger partial charge in [-0.25, -0.2) is 4.98 Å². The Morgan fingerprint density at radius 2 is 2.03 bits per heavy atom. The first-order valence-electron chi connectivity index (χ1n) is 8.80. The normalized spacial score (nSPS) is 10.4. The fourth-order valence-corrected chi connectivity index (χ4v) is 2.63. The van der Waals surface area contributed by atoms with Crippen molar-refractivity contribution in [3.05, 3.63) is 59.5 Å². The molecule has 0 saturated heterocycles. The highest BCUT2D eigenvalue weighted by molar-refractivity contribution is 5.97. The minimum absolute atomic E-state index is 0.0883. The van der Waals surface area contributed by atoms with Crippen LogP contribution < -0.4 is 16.4 Å². The third-order valence-corrected chi connectivity index (χ3v) is 4.06. The average Bonchev–Trinajstić information content (AvgIpc) is 3.10. The molecule has 0 aliphatic carbocycles. The van der Waals surface area contributed by atoms with Gasteiger partial charge in [-0.05, 0) is 17.7 Å². The first-order chi connectivity index (χ1) is 13.8. The van der Waals surface area contributed by atoms with Gasteiger partial charge in [-0.3, -0.25) is 14.3 Å². The molecule has 10 nitrogen and oxygen atoms in total. The van der Waals surface area contributed by atoms with E-state index in [1.165, 1.54) is 11.1 Å². The zero-order chi connectivity index (χ0) is 21.0. The van der Waals surface area contributed by atoms with E-state index in [4.69, 9.17) is 5.73 Å². The van der Waals surface area contributed by atoms with Gasteiger partial charge in [0.2, 0.25) is 5.95 Å². The summed E-state index contributed by atoms with van der Waals surface area (Å²) in [4.78, 5) is 33.9. The number of primary amides is 1. The number of aromatic nitrogens is 4. The van der Waals surface area contributed by atoms with Gasteiger partial charge >= 0.3 is 0 Å². The van der Waals surface area contributed by atoms with Crippen molar-refractivity contribution in [3.8, 4) is 0 Å². The second-order valence-electron chi connectivity index (χ2n) is 6.60. The highest BCUT2D eigenvalue weighted by atomic mass is 16.2. The smallest absolute Gasteiger partial charge is 0.254 e. The van der Waals surface area contributed by atoms with E-state index in [1.54, 1.807) is 56.4 Å². The average molecular weight is 394 g/mol. The van der Waals surface area contributed by atoms with Gasteiger partial charge in [0.15, 0.2) is 0 Å². The molecule has 0 radical (unpaired) electrons. The number of nitrogens with zero attached hydrogens (tertiary/aromatic N) is 5. The highest BCUT2D eigenvalue weighted by Crippen LogP contribution is 2.18. The molecular formula is C19H22N8O2. The Kier molecular flexibility index (Phi) is 5.72. The summed E-state index contributed by atoms with van der Waals surface area (Å²) in [6.45, 7) is 0.345. The summed E-state index contributed by atoms with van der Waals surface area (Å²) in [5, 5.41) is 10.2. The Morgan fingerprint density at radius 3 is 2.69 bits per heavy atom. The van der Waals surface area contributed by atoms with Crippen molar-refractivity contribution in [1.82, 2.24) is 24.6 Å². The van der Waals surface area contributed by atoms with Gasteiger partial charge < -0.3 is 21.3 Å². The van der Waals surface area contributed by atoms with Crippen molar-refractivity contribution >= 4 is 29.3 Å². The fourth-order valence-electron chi connectivity index (χ4n) is 2.63. The quantitative estimate of drug-likeness (QED) is 0.551. The molecule has 0 atom stereocenters. The molecule has 2 aromatic heterocycles. The van der Waals surface area contributed by atoms with Crippen molar-refractivity contribution in [2.24, 2.45) is 12.8 Å². The standard InChI is InChI=1S/C19H22N8O2/c1-26(2)18(29)13-6-4-5-12(7-13)8-21-17-15(16(20)28)10-22-19(25-17)24-14-9-23-27(3)11-14/h4-7,9-11H,8H2,1-3H3,(H2,20,28)(H2,21,22,24,25). The van der Waals surface area contributed by atoms with E-state index >= 15 is 0 Å². The van der Waals surface area contributed by atoms with Crippen LogP contribution in [-0.2, 0) is 13.6 Å². The molecule has 0 spiro atoms. The van der Waals surface area contributed by atoms with Gasteiger partial charge in [0.25, 0.3) is 11.8 Å². The summed E-state index contributed by atoms with van der Waals surface area (Å²) in [6.07, 6.45) is 4.76. The van der Waals surface area contributed by atoms with E-state index < -0.39 is 5.91 Å². The van der Waals surface area contributed by atoms with Gasteiger partial charge in [0, 0.05) is 45.6 Å². The van der Waals surface area contributed by atoms with Crippen LogP contribution >= 0.6 is 0 Å². The predicted octanol–water partition coefficient (Wildman–Crippen LogP) is 1.37. The Labute approximate surface area is 167 Å². The number of hydrogen-bond donors (Lipinski definition) is 3. The summed E-state index contributed by atoms with van der Waals surface area (Å²) >= 11 is 0. The van der Waals surface area contributed by atoms with Crippen LogP contribution in [0, 0.1) is 0 Å². The van der Waals surface area contributed by atoms with Crippen molar-refractivity contribution in [3.63, 3.8) is 0 Å². The number of hydrogen-bond acceptors (Lipinski definition) is 7. The Morgan fingerprint density at radius 1 is 1.24 bits per heavy atom. The van der Waals surface area contributed by atoms with E-state index in [0.29, 0.717) is 29.6 Å². The van der Waals surface area contributed by atoms with E-state index in [-0.39, 0.29) is 11.5 Å². The van der Waals surface area contributed by atoms with Gasteiger partial charge in [0.05, 0.1) is 17.4 Å². The molecule has 3 rings (SSSR count). The lowest BCUT2D eigenvalue weighted by Gasteiger charge is -2.13. The number of carbonyl (C=O) groups excluding carboxylic acids is 2. The molecule has 0 saturated carbocycles. The first kappa shape index (κ1) is 19.8. The molecule has 150 valence electrons. The van der Waals surface area contributed by atoms with Crippen LogP contribution in [0.15, 0.2) is 42.9 Å². The number of benzene rings is 1. The topological polar surface area (TPSA) is 131 Å². The Bertz CT molecular complexity index is 1040. The molecule has 29 heavy (non-hydrogen) atoms. The molecule has 0 fully saturated rings. The van der Waals surface area contributed by atoms with Crippen LogP contribution in [0.3, 0.4) is 0 Å².